The van der Waals surface area contributed by atoms with Gasteiger partial charge >= 0.3 is 0 Å². The Hall–Kier alpha value is -1.32. The average Bonchev–Trinajstić information content (AvgIpc) is 2.04. The van der Waals surface area contributed by atoms with Gasteiger partial charge in [-0.05, 0) is 26.8 Å². The van der Waals surface area contributed by atoms with Crippen molar-refractivity contribution in [1.82, 2.24) is 4.57 Å². The van der Waals surface area contributed by atoms with Crippen molar-refractivity contribution in [3.05, 3.63) is 28.2 Å². The van der Waals surface area contributed by atoms with Crippen LogP contribution in [0.2, 0.25) is 0 Å². The molecule has 0 aliphatic heterocycles. The quantitative estimate of drug-likeness (QED) is 0.782. The Morgan fingerprint density at radius 2 is 2.07 bits per heavy atom. The second kappa shape index (κ2) is 3.44. The highest BCUT2D eigenvalue weighted by molar-refractivity contribution is 5.41. The van der Waals surface area contributed by atoms with Gasteiger partial charge in [0, 0.05) is 11.8 Å². The van der Waals surface area contributed by atoms with Gasteiger partial charge in [-0.15, -0.1) is 0 Å². The largest absolute Gasteiger partial charge is 0.397 e. The zero-order chi connectivity index (χ0) is 10.9. The number of nitrogen functional groups attached to an aromatic ring is 1. The third kappa shape index (κ3) is 2.34. The van der Waals surface area contributed by atoms with Crippen molar-refractivity contribution in [3.63, 3.8) is 0 Å². The molecule has 78 valence electrons. The molecule has 0 bridgehead atoms. The van der Waals surface area contributed by atoms with Crippen LogP contribution in [0.15, 0.2) is 16.9 Å². The Morgan fingerprint density at radius 3 is 2.57 bits per heavy atom. The van der Waals surface area contributed by atoms with Gasteiger partial charge in [0.25, 0.3) is 5.56 Å². The molecule has 0 aliphatic carbocycles. The number of nitrogens with zero attached hydrogens (tertiary/aromatic N) is 1. The van der Waals surface area contributed by atoms with Crippen LogP contribution in [0.3, 0.4) is 0 Å². The predicted octanol–water partition coefficient (Wildman–Crippen LogP) is 1.49. The zero-order valence-corrected chi connectivity index (χ0v) is 8.67. The first kappa shape index (κ1) is 10.8. The normalized spacial score (nSPS) is 11.7. The van der Waals surface area contributed by atoms with E-state index in [1.165, 1.54) is 24.5 Å². The summed E-state index contributed by atoms with van der Waals surface area (Å²) in [6, 6.07) is 2.90. The fourth-order valence-electron chi connectivity index (χ4n) is 1.27. The summed E-state index contributed by atoms with van der Waals surface area (Å²) < 4.78 is 14.7. The number of aromatic nitrogens is 1. The van der Waals surface area contributed by atoms with Gasteiger partial charge in [0.2, 0.25) is 0 Å². The lowest BCUT2D eigenvalue weighted by atomic mass is 10.1. The number of hydrogen-bond acceptors (Lipinski definition) is 2. The predicted molar refractivity (Wildman–Crippen MR) is 55.0 cm³/mol. The van der Waals surface area contributed by atoms with E-state index in [-0.39, 0.29) is 12.1 Å². The molecule has 1 aromatic rings. The summed E-state index contributed by atoms with van der Waals surface area (Å²) >= 11 is 0. The molecule has 0 spiro atoms. The summed E-state index contributed by atoms with van der Waals surface area (Å²) in [6.45, 7) is 4.61. The molecule has 1 rings (SSSR count). The van der Waals surface area contributed by atoms with Crippen LogP contribution in [0.5, 0.6) is 0 Å². The first-order valence-electron chi connectivity index (χ1n) is 4.46. The molecule has 0 saturated heterocycles. The van der Waals surface area contributed by atoms with Gasteiger partial charge in [0.05, 0.1) is 12.2 Å². The fraction of sp³-hybridized carbons (Fsp3) is 0.500. The van der Waals surface area contributed by atoms with Crippen LogP contribution in [-0.4, -0.2) is 10.2 Å². The van der Waals surface area contributed by atoms with Gasteiger partial charge < -0.3 is 10.3 Å². The monoisotopic (exact) mass is 198 g/mol. The Bertz CT molecular complexity index is 390. The van der Waals surface area contributed by atoms with Crippen LogP contribution in [0, 0.1) is 6.92 Å². The molecule has 0 saturated carbocycles. The van der Waals surface area contributed by atoms with Crippen molar-refractivity contribution in [3.8, 4) is 0 Å². The summed E-state index contributed by atoms with van der Waals surface area (Å²) in [6.07, 6.45) is 0. The minimum atomic E-state index is -1.41. The maximum Gasteiger partial charge on any atom is 0.250 e. The van der Waals surface area contributed by atoms with Gasteiger partial charge in [-0.2, -0.15) is 0 Å². The number of alkyl halides is 1. The molecule has 4 heteroatoms. The van der Waals surface area contributed by atoms with Crippen LogP contribution < -0.4 is 11.3 Å². The smallest absolute Gasteiger partial charge is 0.250 e. The lowest BCUT2D eigenvalue weighted by Crippen LogP contribution is -2.31. The molecule has 2 N–H and O–H groups in total. The summed E-state index contributed by atoms with van der Waals surface area (Å²) in [5.74, 6) is 0. The van der Waals surface area contributed by atoms with Crippen molar-refractivity contribution in [2.45, 2.75) is 33.0 Å². The maximum absolute atomic E-state index is 13.4. The van der Waals surface area contributed by atoms with Gasteiger partial charge in [-0.3, -0.25) is 4.79 Å². The minimum Gasteiger partial charge on any atom is -0.397 e. The number of rotatable bonds is 2. The van der Waals surface area contributed by atoms with E-state index in [1.54, 1.807) is 13.0 Å². The summed E-state index contributed by atoms with van der Waals surface area (Å²) in [4.78, 5) is 11.4. The van der Waals surface area contributed by atoms with Crippen LogP contribution in [-0.2, 0) is 6.54 Å². The third-order valence-corrected chi connectivity index (χ3v) is 2.03. The van der Waals surface area contributed by atoms with Crippen LogP contribution in [0.25, 0.3) is 0 Å². The Balaban J connectivity index is 3.20. The van der Waals surface area contributed by atoms with Gasteiger partial charge in [0.15, 0.2) is 0 Å². The first-order valence-corrected chi connectivity index (χ1v) is 4.46. The van der Waals surface area contributed by atoms with Gasteiger partial charge in [-0.25, -0.2) is 4.39 Å². The second-order valence-corrected chi connectivity index (χ2v) is 4.02. The lowest BCUT2D eigenvalue weighted by molar-refractivity contribution is 0.183. The standard InChI is InChI=1S/C10H15FN2O/c1-7-8(12)4-5-9(14)13(7)6-10(2,3)11/h4-5H,6,12H2,1-3H3. The van der Waals surface area contributed by atoms with Crippen molar-refractivity contribution < 1.29 is 4.39 Å². The molecule has 0 aromatic carbocycles. The molecular formula is C10H15FN2O. The summed E-state index contributed by atoms with van der Waals surface area (Å²) in [7, 11) is 0. The van der Waals surface area contributed by atoms with E-state index in [4.69, 9.17) is 5.73 Å². The highest BCUT2D eigenvalue weighted by Crippen LogP contribution is 2.14. The van der Waals surface area contributed by atoms with Crippen molar-refractivity contribution in [1.29, 1.82) is 0 Å². The van der Waals surface area contributed by atoms with E-state index in [9.17, 15) is 9.18 Å². The minimum absolute atomic E-state index is 0.0305. The number of hydrogen-bond donors (Lipinski definition) is 1. The number of pyridine rings is 1. The van der Waals surface area contributed by atoms with Gasteiger partial charge in [0.1, 0.15) is 5.67 Å². The molecule has 0 aliphatic rings. The van der Waals surface area contributed by atoms with Crippen LogP contribution >= 0.6 is 0 Å². The Morgan fingerprint density at radius 1 is 1.50 bits per heavy atom. The highest BCUT2D eigenvalue weighted by atomic mass is 19.1. The Kier molecular flexibility index (Phi) is 2.64. The van der Waals surface area contributed by atoms with Crippen molar-refractivity contribution >= 4 is 5.69 Å². The summed E-state index contributed by atoms with van der Waals surface area (Å²) in [5, 5.41) is 0. The highest BCUT2D eigenvalue weighted by Gasteiger charge is 2.18. The van der Waals surface area contributed by atoms with E-state index in [0.29, 0.717) is 11.4 Å². The number of nitrogens with two attached hydrogens (primary N) is 1. The molecule has 3 nitrogen and oxygen atoms in total. The maximum atomic E-state index is 13.4. The third-order valence-electron chi connectivity index (χ3n) is 2.03. The molecule has 0 unspecified atom stereocenters. The van der Waals surface area contributed by atoms with E-state index >= 15 is 0 Å². The van der Waals surface area contributed by atoms with E-state index in [2.05, 4.69) is 0 Å². The van der Waals surface area contributed by atoms with Crippen LogP contribution in [0.1, 0.15) is 19.5 Å². The molecular weight excluding hydrogens is 183 g/mol. The molecule has 0 radical (unpaired) electrons. The van der Waals surface area contributed by atoms with E-state index in [1.807, 2.05) is 0 Å². The molecule has 0 amide bonds. The molecule has 1 heterocycles. The summed E-state index contributed by atoms with van der Waals surface area (Å²) in [5.41, 5.74) is 5.11. The van der Waals surface area contributed by atoms with E-state index in [0.717, 1.165) is 0 Å². The molecule has 1 aromatic heterocycles. The number of anilines is 1. The topological polar surface area (TPSA) is 48.0 Å². The van der Waals surface area contributed by atoms with Gasteiger partial charge in [-0.1, -0.05) is 0 Å². The molecule has 0 fully saturated rings. The Labute approximate surface area is 82.4 Å². The lowest BCUT2D eigenvalue weighted by Gasteiger charge is -2.18. The first-order chi connectivity index (χ1) is 6.31. The number of halogens is 1. The van der Waals surface area contributed by atoms with E-state index < -0.39 is 5.67 Å². The SMILES string of the molecule is Cc1c(N)ccc(=O)n1CC(C)(C)F. The molecule has 14 heavy (non-hydrogen) atoms. The second-order valence-electron chi connectivity index (χ2n) is 4.02. The van der Waals surface area contributed by atoms with Crippen LogP contribution in [0.4, 0.5) is 10.1 Å². The zero-order valence-electron chi connectivity index (χ0n) is 8.67. The average molecular weight is 198 g/mol. The van der Waals surface area contributed by atoms with Crippen molar-refractivity contribution in [2.24, 2.45) is 0 Å². The van der Waals surface area contributed by atoms with Crippen molar-refractivity contribution in [2.75, 3.05) is 5.73 Å². The molecule has 0 atom stereocenters. The fourth-order valence-corrected chi connectivity index (χ4v) is 1.27.